The highest BCUT2D eigenvalue weighted by Gasteiger charge is 2.34. The standard InChI is InChI=1S/C23H22N2O4/c1-15-19-4-2-3-5-20(19)23(29)25(15)14-21(27)24-12-10-17(11-13-24)22(28)16-6-8-18(26)9-7-16/h2-9,17,26H,1,10-14H2. The van der Waals surface area contributed by atoms with Crippen molar-refractivity contribution in [2.75, 3.05) is 19.6 Å². The van der Waals surface area contributed by atoms with Crippen molar-refractivity contribution >= 4 is 23.3 Å². The molecular formula is C23H22N2O4. The molecule has 0 aliphatic carbocycles. The summed E-state index contributed by atoms with van der Waals surface area (Å²) in [7, 11) is 0. The number of piperidine rings is 1. The van der Waals surface area contributed by atoms with Crippen LogP contribution < -0.4 is 0 Å². The number of amides is 2. The lowest BCUT2D eigenvalue weighted by Crippen LogP contribution is -2.45. The van der Waals surface area contributed by atoms with Gasteiger partial charge in [0, 0.05) is 41.4 Å². The number of aromatic hydroxyl groups is 1. The van der Waals surface area contributed by atoms with Crippen molar-refractivity contribution in [2.24, 2.45) is 5.92 Å². The molecule has 148 valence electrons. The van der Waals surface area contributed by atoms with Crippen molar-refractivity contribution in [3.63, 3.8) is 0 Å². The predicted octanol–water partition coefficient (Wildman–Crippen LogP) is 2.94. The third-order valence-corrected chi connectivity index (χ3v) is 5.70. The fourth-order valence-electron chi connectivity index (χ4n) is 3.99. The summed E-state index contributed by atoms with van der Waals surface area (Å²) in [6, 6.07) is 13.5. The molecule has 6 nitrogen and oxygen atoms in total. The number of carbonyl (C=O) groups is 3. The molecule has 0 atom stereocenters. The minimum Gasteiger partial charge on any atom is -0.508 e. The van der Waals surface area contributed by atoms with Gasteiger partial charge in [-0.15, -0.1) is 0 Å². The average molecular weight is 390 g/mol. The van der Waals surface area contributed by atoms with Crippen LogP contribution in [-0.4, -0.2) is 52.1 Å². The van der Waals surface area contributed by atoms with Crippen molar-refractivity contribution in [3.05, 3.63) is 71.8 Å². The van der Waals surface area contributed by atoms with E-state index in [0.29, 0.717) is 42.8 Å². The molecule has 0 aromatic heterocycles. The Morgan fingerprint density at radius 1 is 1.00 bits per heavy atom. The SMILES string of the molecule is C=C1c2ccccc2C(=O)N1CC(=O)N1CCC(C(=O)c2ccc(O)cc2)CC1. The molecule has 2 amide bonds. The third-order valence-electron chi connectivity index (χ3n) is 5.70. The van der Waals surface area contributed by atoms with Crippen LogP contribution in [0.4, 0.5) is 0 Å². The summed E-state index contributed by atoms with van der Waals surface area (Å²) in [5.41, 5.74) is 2.47. The maximum Gasteiger partial charge on any atom is 0.259 e. The first-order chi connectivity index (χ1) is 14.0. The van der Waals surface area contributed by atoms with Gasteiger partial charge in [0.25, 0.3) is 5.91 Å². The first-order valence-electron chi connectivity index (χ1n) is 9.67. The zero-order chi connectivity index (χ0) is 20.5. The first-order valence-corrected chi connectivity index (χ1v) is 9.67. The molecule has 2 aliphatic heterocycles. The normalized spacial score (nSPS) is 16.8. The van der Waals surface area contributed by atoms with Gasteiger partial charge >= 0.3 is 0 Å². The van der Waals surface area contributed by atoms with Crippen LogP contribution >= 0.6 is 0 Å². The van der Waals surface area contributed by atoms with Gasteiger partial charge < -0.3 is 10.0 Å². The minimum atomic E-state index is -0.198. The average Bonchev–Trinajstić information content (AvgIpc) is 2.99. The first kappa shape index (κ1) is 18.9. The largest absolute Gasteiger partial charge is 0.508 e. The molecule has 2 aromatic rings. The molecule has 0 radical (unpaired) electrons. The Labute approximate surface area is 169 Å². The van der Waals surface area contributed by atoms with Gasteiger partial charge in [0.15, 0.2) is 5.78 Å². The monoisotopic (exact) mass is 390 g/mol. The molecule has 2 aromatic carbocycles. The zero-order valence-corrected chi connectivity index (χ0v) is 16.0. The van der Waals surface area contributed by atoms with E-state index >= 15 is 0 Å². The second-order valence-electron chi connectivity index (χ2n) is 7.45. The number of carbonyl (C=O) groups excluding carboxylic acids is 3. The molecule has 0 bridgehead atoms. The lowest BCUT2D eigenvalue weighted by atomic mass is 9.89. The molecule has 2 aliphatic rings. The molecule has 6 heteroatoms. The Hall–Kier alpha value is -3.41. The molecule has 1 fully saturated rings. The molecule has 2 heterocycles. The summed E-state index contributed by atoms with van der Waals surface area (Å²) in [6.45, 7) is 4.90. The van der Waals surface area contributed by atoms with E-state index in [-0.39, 0.29) is 35.8 Å². The Morgan fingerprint density at radius 2 is 1.62 bits per heavy atom. The van der Waals surface area contributed by atoms with Gasteiger partial charge in [-0.2, -0.15) is 0 Å². The fourth-order valence-corrected chi connectivity index (χ4v) is 3.99. The number of hydrogen-bond acceptors (Lipinski definition) is 4. The van der Waals surface area contributed by atoms with Gasteiger partial charge in [0.1, 0.15) is 12.3 Å². The van der Waals surface area contributed by atoms with Crippen LogP contribution in [0.3, 0.4) is 0 Å². The van der Waals surface area contributed by atoms with Gasteiger partial charge in [-0.25, -0.2) is 0 Å². The third kappa shape index (κ3) is 3.53. The summed E-state index contributed by atoms with van der Waals surface area (Å²) >= 11 is 0. The van der Waals surface area contributed by atoms with E-state index in [1.807, 2.05) is 12.1 Å². The highest BCUT2D eigenvalue weighted by molar-refractivity contribution is 6.10. The van der Waals surface area contributed by atoms with E-state index in [4.69, 9.17) is 0 Å². The van der Waals surface area contributed by atoms with Crippen LogP contribution in [0.5, 0.6) is 5.75 Å². The van der Waals surface area contributed by atoms with E-state index < -0.39 is 0 Å². The number of likely N-dealkylation sites (tertiary alicyclic amines) is 1. The molecule has 0 spiro atoms. The van der Waals surface area contributed by atoms with E-state index in [9.17, 15) is 19.5 Å². The smallest absolute Gasteiger partial charge is 0.259 e. The number of fused-ring (bicyclic) bond motifs is 1. The molecule has 29 heavy (non-hydrogen) atoms. The van der Waals surface area contributed by atoms with Gasteiger partial charge in [-0.05, 0) is 43.2 Å². The maximum atomic E-state index is 12.8. The van der Waals surface area contributed by atoms with Crippen LogP contribution in [0.15, 0.2) is 55.1 Å². The molecular weight excluding hydrogens is 368 g/mol. The maximum absolute atomic E-state index is 12.8. The van der Waals surface area contributed by atoms with Gasteiger partial charge in [-0.1, -0.05) is 24.8 Å². The number of hydrogen-bond donors (Lipinski definition) is 1. The van der Waals surface area contributed by atoms with Crippen molar-refractivity contribution in [1.82, 2.24) is 9.80 Å². The molecule has 1 saturated heterocycles. The molecule has 4 rings (SSSR count). The Kier molecular flexibility index (Phi) is 4.92. The van der Waals surface area contributed by atoms with Crippen molar-refractivity contribution in [1.29, 1.82) is 0 Å². The Morgan fingerprint density at radius 3 is 2.24 bits per heavy atom. The summed E-state index contributed by atoms with van der Waals surface area (Å²) < 4.78 is 0. The molecule has 1 N–H and O–H groups in total. The number of rotatable bonds is 4. The Bertz CT molecular complexity index is 953. The second kappa shape index (κ2) is 7.54. The lowest BCUT2D eigenvalue weighted by Gasteiger charge is -2.32. The fraction of sp³-hybridized carbons (Fsp3) is 0.261. The van der Waals surface area contributed by atoms with Gasteiger partial charge in [0.2, 0.25) is 5.91 Å². The summed E-state index contributed by atoms with van der Waals surface area (Å²) in [5.74, 6) is -0.312. The van der Waals surface area contributed by atoms with Crippen molar-refractivity contribution in [2.45, 2.75) is 12.8 Å². The van der Waals surface area contributed by atoms with E-state index in [0.717, 1.165) is 5.56 Å². The van der Waals surface area contributed by atoms with E-state index in [1.165, 1.54) is 17.0 Å². The number of Topliss-reactive ketones (excluding diaryl/α,β-unsaturated/α-hetero) is 1. The quantitative estimate of drug-likeness (QED) is 0.815. The second-order valence-corrected chi connectivity index (χ2v) is 7.45. The van der Waals surface area contributed by atoms with Crippen LogP contribution in [0.1, 0.15) is 39.1 Å². The number of phenols is 1. The summed E-state index contributed by atoms with van der Waals surface area (Å²) in [5, 5.41) is 9.37. The van der Waals surface area contributed by atoms with Crippen LogP contribution in [-0.2, 0) is 4.79 Å². The summed E-state index contributed by atoms with van der Waals surface area (Å²) in [6.07, 6.45) is 1.17. The molecule has 0 unspecified atom stereocenters. The lowest BCUT2D eigenvalue weighted by molar-refractivity contribution is -0.132. The number of phenolic OH excluding ortho intramolecular Hbond substituents is 1. The highest BCUT2D eigenvalue weighted by Crippen LogP contribution is 2.31. The number of benzene rings is 2. The van der Waals surface area contributed by atoms with Crippen molar-refractivity contribution in [3.8, 4) is 5.75 Å². The van der Waals surface area contributed by atoms with Gasteiger partial charge in [0.05, 0.1) is 0 Å². The van der Waals surface area contributed by atoms with Crippen LogP contribution in [0.2, 0.25) is 0 Å². The highest BCUT2D eigenvalue weighted by atomic mass is 16.3. The Balaban J connectivity index is 1.35. The summed E-state index contributed by atoms with van der Waals surface area (Å²) in [4.78, 5) is 41.1. The van der Waals surface area contributed by atoms with Crippen LogP contribution in [0.25, 0.3) is 5.70 Å². The van der Waals surface area contributed by atoms with E-state index in [2.05, 4.69) is 6.58 Å². The van der Waals surface area contributed by atoms with Crippen LogP contribution in [0, 0.1) is 5.92 Å². The number of nitrogens with zero attached hydrogens (tertiary/aromatic N) is 2. The van der Waals surface area contributed by atoms with Gasteiger partial charge in [-0.3, -0.25) is 19.3 Å². The van der Waals surface area contributed by atoms with Crippen molar-refractivity contribution < 1.29 is 19.5 Å². The van der Waals surface area contributed by atoms with E-state index in [1.54, 1.807) is 29.2 Å². The minimum absolute atomic E-state index is 0.0376. The predicted molar refractivity (Wildman–Crippen MR) is 108 cm³/mol. The number of ketones is 1. The topological polar surface area (TPSA) is 77.9 Å². The molecule has 0 saturated carbocycles. The zero-order valence-electron chi connectivity index (χ0n) is 16.0.